The first-order chi connectivity index (χ1) is 13.4. The van der Waals surface area contributed by atoms with Gasteiger partial charge in [0.1, 0.15) is 5.69 Å². The highest BCUT2D eigenvalue weighted by Gasteiger charge is 2.34. The second-order valence-electron chi connectivity index (χ2n) is 7.98. The number of urea groups is 1. The number of rotatable bonds is 4. The number of hydrogen-bond acceptors (Lipinski definition) is 5. The molecule has 0 bridgehead atoms. The predicted molar refractivity (Wildman–Crippen MR) is 103 cm³/mol. The van der Waals surface area contributed by atoms with Crippen molar-refractivity contribution < 1.29 is 14.3 Å². The molecule has 0 aliphatic carbocycles. The van der Waals surface area contributed by atoms with E-state index < -0.39 is 0 Å². The number of nitrogens with zero attached hydrogens (tertiary/aromatic N) is 5. The molecule has 0 radical (unpaired) electrons. The molecule has 0 saturated carbocycles. The third kappa shape index (κ3) is 3.60. The molecule has 28 heavy (non-hydrogen) atoms. The average Bonchev–Trinajstić information content (AvgIpc) is 3.22. The number of fused-ring (bicyclic) bond motifs is 1. The minimum absolute atomic E-state index is 0.0298. The molecule has 0 aromatic carbocycles. The third-order valence-corrected chi connectivity index (χ3v) is 5.98. The molecule has 2 fully saturated rings. The molecule has 3 aliphatic rings. The lowest BCUT2D eigenvalue weighted by atomic mass is 9.99. The molecule has 0 unspecified atom stereocenters. The van der Waals surface area contributed by atoms with Crippen LogP contribution in [0.1, 0.15) is 41.7 Å². The maximum absolute atomic E-state index is 13.2. The molecule has 2 saturated heterocycles. The van der Waals surface area contributed by atoms with E-state index in [4.69, 9.17) is 4.74 Å². The van der Waals surface area contributed by atoms with Gasteiger partial charge < -0.3 is 19.9 Å². The fraction of sp³-hybridized carbons (Fsp3) is 0.737. The van der Waals surface area contributed by atoms with Gasteiger partial charge in [-0.25, -0.2) is 4.79 Å². The largest absolute Gasteiger partial charge is 0.369 e. The Bertz CT molecular complexity index is 755. The van der Waals surface area contributed by atoms with Crippen molar-refractivity contribution >= 4 is 11.9 Å². The summed E-state index contributed by atoms with van der Waals surface area (Å²) in [6.45, 7) is 10.2. The van der Waals surface area contributed by atoms with Crippen molar-refractivity contribution in [1.29, 1.82) is 0 Å². The minimum atomic E-state index is -0.0777. The fourth-order valence-electron chi connectivity index (χ4n) is 4.44. The molecule has 154 valence electrons. The molecular formula is C19H30N6O3. The Labute approximate surface area is 165 Å². The van der Waals surface area contributed by atoms with Crippen molar-refractivity contribution in [3.63, 3.8) is 0 Å². The molecule has 1 aromatic heterocycles. The van der Waals surface area contributed by atoms with Gasteiger partial charge in [-0.05, 0) is 13.8 Å². The van der Waals surface area contributed by atoms with Crippen molar-refractivity contribution in [3.8, 4) is 0 Å². The van der Waals surface area contributed by atoms with Crippen LogP contribution in [-0.2, 0) is 18.2 Å². The molecule has 4 rings (SSSR count). The van der Waals surface area contributed by atoms with E-state index in [1.165, 1.54) is 0 Å². The summed E-state index contributed by atoms with van der Waals surface area (Å²) in [5.41, 5.74) is 2.65. The zero-order valence-electron chi connectivity index (χ0n) is 17.0. The number of ether oxygens (including phenoxy) is 1. The van der Waals surface area contributed by atoms with Crippen LogP contribution in [0.4, 0.5) is 4.79 Å². The highest BCUT2D eigenvalue weighted by molar-refractivity contribution is 5.94. The predicted octanol–water partition coefficient (Wildman–Crippen LogP) is 0.225. The van der Waals surface area contributed by atoms with Crippen LogP contribution in [0.5, 0.6) is 0 Å². The van der Waals surface area contributed by atoms with Gasteiger partial charge in [0, 0.05) is 71.4 Å². The third-order valence-electron chi connectivity index (χ3n) is 5.98. The van der Waals surface area contributed by atoms with Crippen LogP contribution < -0.4 is 5.32 Å². The summed E-state index contributed by atoms with van der Waals surface area (Å²) in [7, 11) is 1.85. The Balaban J connectivity index is 1.36. The molecule has 0 spiro atoms. The van der Waals surface area contributed by atoms with Crippen LogP contribution in [0.25, 0.3) is 0 Å². The zero-order valence-corrected chi connectivity index (χ0v) is 17.0. The Morgan fingerprint density at radius 3 is 2.61 bits per heavy atom. The Kier molecular flexibility index (Phi) is 5.29. The monoisotopic (exact) mass is 390 g/mol. The van der Waals surface area contributed by atoms with Crippen molar-refractivity contribution in [3.05, 3.63) is 17.0 Å². The number of carbonyl (C=O) groups excluding carboxylic acids is 2. The molecule has 4 heterocycles. The quantitative estimate of drug-likeness (QED) is 0.796. The second kappa shape index (κ2) is 7.71. The average molecular weight is 390 g/mol. The molecule has 9 nitrogen and oxygen atoms in total. The fourth-order valence-corrected chi connectivity index (χ4v) is 4.44. The number of piperazine rings is 1. The lowest BCUT2D eigenvalue weighted by Gasteiger charge is -2.35. The zero-order chi connectivity index (χ0) is 19.8. The summed E-state index contributed by atoms with van der Waals surface area (Å²) in [5, 5.41) is 7.40. The first-order valence-corrected chi connectivity index (χ1v) is 10.2. The number of amides is 3. The summed E-state index contributed by atoms with van der Waals surface area (Å²) in [6, 6.07) is 0.0298. The molecule has 9 heteroatoms. The van der Waals surface area contributed by atoms with E-state index in [-0.39, 0.29) is 24.1 Å². The van der Waals surface area contributed by atoms with E-state index in [1.54, 1.807) is 4.68 Å². The molecule has 3 amide bonds. The standard InChI is InChI=1S/C19H30N6O3/c1-13-12-15-16(14(2)28-13)21-22(3)17(15)18(26)24-9-6-23(7-10-24)8-11-25-5-4-20-19(25)27/h13-14H,4-12H2,1-3H3,(H,20,27)/t13-,14+/m1/s1. The highest BCUT2D eigenvalue weighted by Crippen LogP contribution is 2.31. The van der Waals surface area contributed by atoms with E-state index in [0.717, 1.165) is 56.9 Å². The summed E-state index contributed by atoms with van der Waals surface area (Å²) >= 11 is 0. The number of nitrogens with one attached hydrogen (secondary N) is 1. The number of aromatic nitrogens is 2. The first kappa shape index (κ1) is 19.2. The summed E-state index contributed by atoms with van der Waals surface area (Å²) in [4.78, 5) is 31.0. The van der Waals surface area contributed by atoms with Gasteiger partial charge in [0.25, 0.3) is 5.91 Å². The molecule has 1 aromatic rings. The Morgan fingerprint density at radius 1 is 1.18 bits per heavy atom. The molecule has 1 N–H and O–H groups in total. The van der Waals surface area contributed by atoms with E-state index in [2.05, 4.69) is 15.3 Å². The smallest absolute Gasteiger partial charge is 0.317 e. The van der Waals surface area contributed by atoms with Gasteiger partial charge in [0.15, 0.2) is 0 Å². The lowest BCUT2D eigenvalue weighted by molar-refractivity contribution is -0.00716. The van der Waals surface area contributed by atoms with Gasteiger partial charge in [-0.2, -0.15) is 5.10 Å². The second-order valence-corrected chi connectivity index (χ2v) is 7.98. The van der Waals surface area contributed by atoms with Crippen LogP contribution in [-0.4, -0.2) is 94.9 Å². The molecular weight excluding hydrogens is 360 g/mol. The highest BCUT2D eigenvalue weighted by atomic mass is 16.5. The maximum atomic E-state index is 13.2. The van der Waals surface area contributed by atoms with E-state index in [0.29, 0.717) is 18.8 Å². The molecule has 3 aliphatic heterocycles. The van der Waals surface area contributed by atoms with Crippen molar-refractivity contribution in [2.45, 2.75) is 32.5 Å². The van der Waals surface area contributed by atoms with Gasteiger partial charge >= 0.3 is 6.03 Å². The van der Waals surface area contributed by atoms with Crippen molar-refractivity contribution in [1.82, 2.24) is 29.8 Å². The van der Waals surface area contributed by atoms with Crippen LogP contribution in [0.15, 0.2) is 0 Å². The lowest BCUT2D eigenvalue weighted by Crippen LogP contribution is -2.50. The Hall–Kier alpha value is -2.13. The molecule has 2 atom stereocenters. The normalized spacial score (nSPS) is 25.8. The van der Waals surface area contributed by atoms with Gasteiger partial charge in [0.05, 0.1) is 17.9 Å². The van der Waals surface area contributed by atoms with Crippen molar-refractivity contribution in [2.24, 2.45) is 7.05 Å². The number of aryl methyl sites for hydroxylation is 1. The van der Waals surface area contributed by atoms with Crippen LogP contribution >= 0.6 is 0 Å². The SMILES string of the molecule is C[C@@H]1Cc2c(nn(C)c2C(=O)N2CCN(CCN3CCNC3=O)CC2)[C@H](C)O1. The van der Waals surface area contributed by atoms with E-state index >= 15 is 0 Å². The maximum Gasteiger partial charge on any atom is 0.317 e. The van der Waals surface area contributed by atoms with Crippen LogP contribution in [0, 0.1) is 0 Å². The summed E-state index contributed by atoms with van der Waals surface area (Å²) < 4.78 is 7.58. The van der Waals surface area contributed by atoms with Crippen LogP contribution in [0.2, 0.25) is 0 Å². The Morgan fingerprint density at radius 2 is 1.93 bits per heavy atom. The van der Waals surface area contributed by atoms with E-state index in [1.807, 2.05) is 30.7 Å². The number of hydrogen-bond donors (Lipinski definition) is 1. The van der Waals surface area contributed by atoms with Crippen LogP contribution in [0.3, 0.4) is 0 Å². The van der Waals surface area contributed by atoms with Gasteiger partial charge in [-0.3, -0.25) is 14.4 Å². The van der Waals surface area contributed by atoms with Gasteiger partial charge in [-0.1, -0.05) is 0 Å². The summed E-state index contributed by atoms with van der Waals surface area (Å²) in [5.74, 6) is 0.0659. The van der Waals surface area contributed by atoms with Gasteiger partial charge in [-0.15, -0.1) is 0 Å². The number of carbonyl (C=O) groups is 2. The minimum Gasteiger partial charge on any atom is -0.369 e. The van der Waals surface area contributed by atoms with Crippen molar-refractivity contribution in [2.75, 3.05) is 52.4 Å². The topological polar surface area (TPSA) is 82.9 Å². The van der Waals surface area contributed by atoms with E-state index in [9.17, 15) is 9.59 Å². The summed E-state index contributed by atoms with van der Waals surface area (Å²) in [6.07, 6.45) is 0.746. The first-order valence-electron chi connectivity index (χ1n) is 10.2. The van der Waals surface area contributed by atoms with Gasteiger partial charge in [0.2, 0.25) is 0 Å².